The fourth-order valence-electron chi connectivity index (χ4n) is 2.34. The second-order valence-corrected chi connectivity index (χ2v) is 5.06. The van der Waals surface area contributed by atoms with Crippen molar-refractivity contribution in [2.45, 2.75) is 26.3 Å². The Morgan fingerprint density at radius 1 is 1.30 bits per heavy atom. The summed E-state index contributed by atoms with van der Waals surface area (Å²) in [5, 5.41) is 0. The van der Waals surface area contributed by atoms with Crippen molar-refractivity contribution in [3.8, 4) is 22.8 Å². The molecule has 2 aromatic rings. The Bertz CT molecular complexity index is 652. The molecule has 0 fully saturated rings. The zero-order valence-corrected chi connectivity index (χ0v) is 13.7. The second-order valence-electron chi connectivity index (χ2n) is 5.06. The van der Waals surface area contributed by atoms with E-state index in [0.717, 1.165) is 36.9 Å². The van der Waals surface area contributed by atoms with E-state index in [9.17, 15) is 4.79 Å². The molecule has 124 valence electrons. The first-order valence-electron chi connectivity index (χ1n) is 7.55. The summed E-state index contributed by atoms with van der Waals surface area (Å²) in [6, 6.07) is 5.48. The minimum Gasteiger partial charge on any atom is -0.497 e. The van der Waals surface area contributed by atoms with Gasteiger partial charge in [-0.2, -0.15) is 0 Å². The lowest BCUT2D eigenvalue weighted by atomic mass is 10.1. The summed E-state index contributed by atoms with van der Waals surface area (Å²) in [5.74, 6) is 1.26. The minimum atomic E-state index is 0.111. The summed E-state index contributed by atoms with van der Waals surface area (Å²) in [5.41, 5.74) is 1.94. The summed E-state index contributed by atoms with van der Waals surface area (Å²) in [7, 11) is 3.15. The predicted octanol–water partition coefficient (Wildman–Crippen LogP) is 3.15. The number of aromatic nitrogens is 2. The van der Waals surface area contributed by atoms with Gasteiger partial charge in [-0.1, -0.05) is 13.3 Å². The maximum atomic E-state index is 11.4. The lowest BCUT2D eigenvalue weighted by Gasteiger charge is -2.15. The Morgan fingerprint density at radius 2 is 2.13 bits per heavy atom. The summed E-state index contributed by atoms with van der Waals surface area (Å²) in [4.78, 5) is 15.6. The highest BCUT2D eigenvalue weighted by atomic mass is 16.7. The third kappa shape index (κ3) is 3.90. The van der Waals surface area contributed by atoms with Gasteiger partial charge in [0.25, 0.3) is 0 Å². The van der Waals surface area contributed by atoms with Crippen LogP contribution in [0.5, 0.6) is 11.5 Å². The number of benzene rings is 1. The molecule has 0 aliphatic rings. The zero-order chi connectivity index (χ0) is 16.7. The number of hydrogen-bond acceptors (Lipinski definition) is 5. The number of imidazole rings is 1. The molecule has 0 saturated heterocycles. The molecule has 0 unspecified atom stereocenters. The number of methoxy groups -OCH3 is 2. The highest BCUT2D eigenvalue weighted by molar-refractivity contribution is 5.85. The number of aryl methyl sites for hydroxylation is 1. The first-order valence-corrected chi connectivity index (χ1v) is 7.55. The average molecular weight is 318 g/mol. The largest absolute Gasteiger partial charge is 0.497 e. The Morgan fingerprint density at radius 3 is 2.78 bits per heavy atom. The van der Waals surface area contributed by atoms with E-state index >= 15 is 0 Å². The zero-order valence-electron chi connectivity index (χ0n) is 13.7. The molecule has 0 amide bonds. The molecule has 1 aromatic heterocycles. The average Bonchev–Trinajstić information content (AvgIpc) is 3.00. The summed E-state index contributed by atoms with van der Waals surface area (Å²) in [6.45, 7) is 3.03. The van der Waals surface area contributed by atoms with E-state index in [0.29, 0.717) is 17.2 Å². The van der Waals surface area contributed by atoms with Gasteiger partial charge in [-0.3, -0.25) is 4.79 Å². The molecule has 0 spiro atoms. The van der Waals surface area contributed by atoms with E-state index in [-0.39, 0.29) is 6.79 Å². The van der Waals surface area contributed by atoms with Crippen LogP contribution in [-0.2, 0) is 11.3 Å². The molecule has 6 heteroatoms. The molecule has 0 atom stereocenters. The van der Waals surface area contributed by atoms with Crippen molar-refractivity contribution in [2.24, 2.45) is 0 Å². The van der Waals surface area contributed by atoms with E-state index < -0.39 is 0 Å². The Balaban J connectivity index is 2.50. The number of unbranched alkanes of at least 4 members (excludes halogenated alkanes) is 1. The van der Waals surface area contributed by atoms with Crippen molar-refractivity contribution < 1.29 is 19.0 Å². The van der Waals surface area contributed by atoms with Gasteiger partial charge in [-0.05, 0) is 18.6 Å². The lowest BCUT2D eigenvalue weighted by Crippen LogP contribution is -2.04. The number of carbonyl (C=O) groups excluding carboxylic acids is 1. The van der Waals surface area contributed by atoms with E-state index in [2.05, 4.69) is 11.9 Å². The number of nitrogens with zero attached hydrogens (tertiary/aromatic N) is 2. The van der Waals surface area contributed by atoms with Crippen molar-refractivity contribution in [3.05, 3.63) is 30.2 Å². The lowest BCUT2D eigenvalue weighted by molar-refractivity contribution is 0.0513. The van der Waals surface area contributed by atoms with Gasteiger partial charge in [-0.15, -0.1) is 0 Å². The predicted molar refractivity (Wildman–Crippen MR) is 87.0 cm³/mol. The first-order chi connectivity index (χ1) is 11.2. The van der Waals surface area contributed by atoms with Crippen molar-refractivity contribution in [2.75, 3.05) is 21.0 Å². The molecule has 0 saturated carbocycles. The molecule has 1 heterocycles. The highest BCUT2D eigenvalue weighted by Gasteiger charge is 2.17. The molecular formula is C17H22N2O4. The van der Waals surface area contributed by atoms with Gasteiger partial charge in [0.15, 0.2) is 13.1 Å². The van der Waals surface area contributed by atoms with Gasteiger partial charge in [0.2, 0.25) is 0 Å². The van der Waals surface area contributed by atoms with Gasteiger partial charge < -0.3 is 18.8 Å². The monoisotopic (exact) mass is 318 g/mol. The fourth-order valence-corrected chi connectivity index (χ4v) is 2.34. The molecule has 1 aromatic carbocycles. The SMILES string of the molecule is CCCCn1cnc(C=O)c1-c1ccc(OC)cc1OCOC. The number of rotatable bonds is 9. The maximum absolute atomic E-state index is 11.4. The Labute approximate surface area is 136 Å². The van der Waals surface area contributed by atoms with Crippen LogP contribution in [0, 0.1) is 0 Å². The van der Waals surface area contributed by atoms with Crippen molar-refractivity contribution in [3.63, 3.8) is 0 Å². The molecule has 0 aliphatic carbocycles. The van der Waals surface area contributed by atoms with E-state index in [4.69, 9.17) is 14.2 Å². The van der Waals surface area contributed by atoms with Gasteiger partial charge in [0, 0.05) is 25.3 Å². The quantitative estimate of drug-likeness (QED) is 0.525. The highest BCUT2D eigenvalue weighted by Crippen LogP contribution is 2.35. The van der Waals surface area contributed by atoms with Crippen molar-refractivity contribution in [1.29, 1.82) is 0 Å². The molecule has 2 rings (SSSR count). The molecule has 0 radical (unpaired) electrons. The van der Waals surface area contributed by atoms with Crippen LogP contribution >= 0.6 is 0 Å². The van der Waals surface area contributed by atoms with Crippen molar-refractivity contribution in [1.82, 2.24) is 9.55 Å². The minimum absolute atomic E-state index is 0.111. The summed E-state index contributed by atoms with van der Waals surface area (Å²) >= 11 is 0. The van der Waals surface area contributed by atoms with Crippen LogP contribution in [0.25, 0.3) is 11.3 Å². The number of carbonyl (C=O) groups is 1. The Kier molecular flexibility index (Phi) is 6.17. The molecule has 6 nitrogen and oxygen atoms in total. The van der Waals surface area contributed by atoms with Gasteiger partial charge in [0.1, 0.15) is 17.2 Å². The fraction of sp³-hybridized carbons (Fsp3) is 0.412. The Hall–Kier alpha value is -2.34. The normalized spacial score (nSPS) is 10.6. The van der Waals surface area contributed by atoms with Crippen LogP contribution in [0.3, 0.4) is 0 Å². The molecule has 0 aliphatic heterocycles. The van der Waals surface area contributed by atoms with Crippen LogP contribution < -0.4 is 9.47 Å². The maximum Gasteiger partial charge on any atom is 0.188 e. The number of hydrogen-bond donors (Lipinski definition) is 0. The summed E-state index contributed by atoms with van der Waals surface area (Å²) < 4.78 is 17.9. The van der Waals surface area contributed by atoms with Crippen molar-refractivity contribution >= 4 is 6.29 Å². The van der Waals surface area contributed by atoms with E-state index in [1.54, 1.807) is 26.6 Å². The second kappa shape index (κ2) is 8.33. The topological polar surface area (TPSA) is 62.6 Å². The van der Waals surface area contributed by atoms with Gasteiger partial charge >= 0.3 is 0 Å². The third-order valence-electron chi connectivity index (χ3n) is 3.51. The van der Waals surface area contributed by atoms with Crippen LogP contribution in [0.4, 0.5) is 0 Å². The van der Waals surface area contributed by atoms with Crippen LogP contribution in [0.2, 0.25) is 0 Å². The third-order valence-corrected chi connectivity index (χ3v) is 3.51. The first kappa shape index (κ1) is 17.0. The number of ether oxygens (including phenoxy) is 3. The van der Waals surface area contributed by atoms with Crippen LogP contribution in [-0.4, -0.2) is 36.8 Å². The van der Waals surface area contributed by atoms with Crippen LogP contribution in [0.1, 0.15) is 30.3 Å². The smallest absolute Gasteiger partial charge is 0.188 e. The van der Waals surface area contributed by atoms with E-state index in [1.807, 2.05) is 16.7 Å². The molecule has 0 N–H and O–H groups in total. The standard InChI is InChI=1S/C17H22N2O4/c1-4-5-8-19-11-18-15(10-20)17(19)14-7-6-13(22-3)9-16(14)23-12-21-2/h6-7,9-11H,4-5,8,12H2,1-3H3. The molecular weight excluding hydrogens is 296 g/mol. The molecule has 0 bridgehead atoms. The van der Waals surface area contributed by atoms with Gasteiger partial charge in [0.05, 0.1) is 19.1 Å². The van der Waals surface area contributed by atoms with E-state index in [1.165, 1.54) is 0 Å². The van der Waals surface area contributed by atoms with Crippen LogP contribution in [0.15, 0.2) is 24.5 Å². The number of aldehydes is 1. The van der Waals surface area contributed by atoms with Gasteiger partial charge in [-0.25, -0.2) is 4.98 Å². The molecule has 23 heavy (non-hydrogen) atoms. The summed E-state index contributed by atoms with van der Waals surface area (Å²) in [6.07, 6.45) is 4.52.